The summed E-state index contributed by atoms with van der Waals surface area (Å²) in [6, 6.07) is 3.64. The third-order valence-corrected chi connectivity index (χ3v) is 6.02. The average molecular weight is 453 g/mol. The smallest absolute Gasteiger partial charge is 0.407 e. The van der Waals surface area contributed by atoms with Crippen LogP contribution in [0.2, 0.25) is 0 Å². The number of aliphatic hydroxyl groups is 1. The molecule has 1 aromatic carbocycles. The largest absolute Gasteiger partial charge is 0.573 e. The van der Waals surface area contributed by atoms with Gasteiger partial charge in [-0.2, -0.15) is 0 Å². The van der Waals surface area contributed by atoms with Gasteiger partial charge in [0.1, 0.15) is 11.4 Å². The number of hydrogen-bond donors (Lipinski definition) is 2. The number of benzene rings is 1. The van der Waals surface area contributed by atoms with Crippen LogP contribution in [0.25, 0.3) is 4.85 Å². The van der Waals surface area contributed by atoms with Crippen molar-refractivity contribution in [3.05, 3.63) is 35.2 Å². The van der Waals surface area contributed by atoms with E-state index in [0.29, 0.717) is 32.2 Å². The average Bonchev–Trinajstić information content (AvgIpc) is 2.77. The summed E-state index contributed by atoms with van der Waals surface area (Å²) in [5.41, 5.74) is -1.30. The van der Waals surface area contributed by atoms with E-state index in [1.807, 2.05) is 0 Å². The molecule has 1 saturated carbocycles. The molecular weight excluding hydrogens is 427 g/mol. The van der Waals surface area contributed by atoms with Crippen molar-refractivity contribution in [1.82, 2.24) is 10.2 Å². The Morgan fingerprint density at radius 1 is 1.25 bits per heavy atom. The highest BCUT2D eigenvalue weighted by Gasteiger charge is 2.42. The van der Waals surface area contributed by atoms with Crippen LogP contribution in [0.3, 0.4) is 0 Å². The Bertz CT molecular complexity index is 891. The molecule has 174 valence electrons. The summed E-state index contributed by atoms with van der Waals surface area (Å²) in [6.45, 7) is 7.37. The molecule has 3 rings (SSSR count). The van der Waals surface area contributed by atoms with Crippen LogP contribution >= 0.6 is 0 Å². The van der Waals surface area contributed by atoms with Crippen molar-refractivity contribution in [2.45, 2.75) is 63.5 Å². The van der Waals surface area contributed by atoms with Crippen molar-refractivity contribution in [1.29, 1.82) is 0 Å². The predicted octanol–water partition coefficient (Wildman–Crippen LogP) is 3.69. The number of piperidine rings is 1. The highest BCUT2D eigenvalue weighted by Crippen LogP contribution is 2.32. The van der Waals surface area contributed by atoms with Gasteiger partial charge in [-0.1, -0.05) is 31.4 Å². The minimum Gasteiger partial charge on any atom is -0.407 e. The fourth-order valence-corrected chi connectivity index (χ4v) is 4.33. The van der Waals surface area contributed by atoms with Crippen LogP contribution in [0.1, 0.15) is 50.5 Å². The van der Waals surface area contributed by atoms with Crippen LogP contribution in [-0.4, -0.2) is 46.9 Å². The number of carbonyl (C=O) groups is 2. The third kappa shape index (κ3) is 5.91. The van der Waals surface area contributed by atoms with Gasteiger partial charge < -0.3 is 20.1 Å². The molecule has 32 heavy (non-hydrogen) atoms. The van der Waals surface area contributed by atoms with Crippen molar-refractivity contribution in [3.8, 4) is 5.75 Å². The van der Waals surface area contributed by atoms with Crippen LogP contribution in [0, 0.1) is 12.5 Å². The standard InChI is InChI=1S/C22H26F3N3O4/c1-26-17-8-7-15(18(12-17)32-22(23,24)25)13-27-19(29)16-6-5-11-28(14-16)20(30)21(31)9-3-2-4-10-21/h7-8,12,16,31H,2-6,9-11,13-14H2,(H,27,29)/t16-/m1/s1. The highest BCUT2D eigenvalue weighted by molar-refractivity contribution is 5.86. The molecule has 0 bridgehead atoms. The van der Waals surface area contributed by atoms with E-state index in [-0.39, 0.29) is 36.2 Å². The number of carbonyl (C=O) groups excluding carboxylic acids is 2. The fourth-order valence-electron chi connectivity index (χ4n) is 4.33. The van der Waals surface area contributed by atoms with Crippen LogP contribution in [0.15, 0.2) is 18.2 Å². The van der Waals surface area contributed by atoms with Gasteiger partial charge in [0, 0.05) is 25.2 Å². The van der Waals surface area contributed by atoms with E-state index in [9.17, 15) is 27.9 Å². The molecule has 1 heterocycles. The second-order valence-corrected chi connectivity index (χ2v) is 8.35. The van der Waals surface area contributed by atoms with Crippen LogP contribution in [0.5, 0.6) is 5.75 Å². The first-order valence-electron chi connectivity index (χ1n) is 10.7. The van der Waals surface area contributed by atoms with Crippen molar-refractivity contribution >= 4 is 17.5 Å². The Morgan fingerprint density at radius 3 is 2.62 bits per heavy atom. The zero-order chi connectivity index (χ0) is 23.4. The lowest BCUT2D eigenvalue weighted by Crippen LogP contribution is -2.54. The first-order chi connectivity index (χ1) is 15.1. The normalized spacial score (nSPS) is 20.8. The second kappa shape index (κ2) is 9.77. The maximum Gasteiger partial charge on any atom is 0.573 e. The minimum absolute atomic E-state index is 0.0126. The molecule has 0 aromatic heterocycles. The van der Waals surface area contributed by atoms with E-state index >= 15 is 0 Å². The topological polar surface area (TPSA) is 83.2 Å². The molecule has 10 heteroatoms. The van der Waals surface area contributed by atoms with E-state index < -0.39 is 23.6 Å². The Labute approximate surface area is 184 Å². The summed E-state index contributed by atoms with van der Waals surface area (Å²) >= 11 is 0. The molecule has 1 atom stereocenters. The fraction of sp³-hybridized carbons (Fsp3) is 0.591. The molecule has 0 radical (unpaired) electrons. The predicted molar refractivity (Wildman–Crippen MR) is 109 cm³/mol. The van der Waals surface area contributed by atoms with Crippen molar-refractivity contribution < 1.29 is 32.6 Å². The lowest BCUT2D eigenvalue weighted by Gasteiger charge is -2.39. The number of hydrogen-bond acceptors (Lipinski definition) is 4. The lowest BCUT2D eigenvalue weighted by atomic mass is 9.83. The Balaban J connectivity index is 1.62. The van der Waals surface area contributed by atoms with Gasteiger partial charge in [-0.15, -0.1) is 13.2 Å². The van der Waals surface area contributed by atoms with E-state index in [1.54, 1.807) is 0 Å². The third-order valence-electron chi connectivity index (χ3n) is 6.02. The number of ether oxygens (including phenoxy) is 1. The van der Waals surface area contributed by atoms with E-state index in [0.717, 1.165) is 25.3 Å². The number of rotatable bonds is 5. The van der Waals surface area contributed by atoms with Crippen molar-refractivity contribution in [3.63, 3.8) is 0 Å². The lowest BCUT2D eigenvalue weighted by molar-refractivity contribution is -0.274. The van der Waals surface area contributed by atoms with Crippen molar-refractivity contribution in [2.75, 3.05) is 13.1 Å². The van der Waals surface area contributed by atoms with Gasteiger partial charge in [-0.05, 0) is 31.7 Å². The van der Waals surface area contributed by atoms with Crippen LogP contribution in [0.4, 0.5) is 18.9 Å². The molecule has 1 aliphatic heterocycles. The Morgan fingerprint density at radius 2 is 1.97 bits per heavy atom. The molecule has 1 aromatic rings. The minimum atomic E-state index is -4.93. The molecule has 2 N–H and O–H groups in total. The number of nitrogens with zero attached hydrogens (tertiary/aromatic N) is 2. The molecule has 0 spiro atoms. The molecule has 2 aliphatic rings. The molecular formula is C22H26F3N3O4. The number of likely N-dealkylation sites (tertiary alicyclic amines) is 1. The molecule has 2 fully saturated rings. The molecule has 7 nitrogen and oxygen atoms in total. The van der Waals surface area contributed by atoms with Gasteiger partial charge in [-0.25, -0.2) is 4.85 Å². The summed E-state index contributed by atoms with van der Waals surface area (Å²) in [5.74, 6) is -1.78. The van der Waals surface area contributed by atoms with E-state index in [4.69, 9.17) is 6.57 Å². The van der Waals surface area contributed by atoms with E-state index in [1.165, 1.54) is 17.0 Å². The number of nitrogens with one attached hydrogen (secondary N) is 1. The Hall–Kier alpha value is -2.80. The molecule has 0 unspecified atom stereocenters. The summed E-state index contributed by atoms with van der Waals surface area (Å²) in [6.07, 6.45) is -0.397. The van der Waals surface area contributed by atoms with Gasteiger partial charge in [0.25, 0.3) is 5.91 Å². The zero-order valence-corrected chi connectivity index (χ0v) is 17.6. The monoisotopic (exact) mass is 453 g/mol. The number of amides is 2. The van der Waals surface area contributed by atoms with Crippen LogP contribution < -0.4 is 10.1 Å². The van der Waals surface area contributed by atoms with Crippen LogP contribution in [-0.2, 0) is 16.1 Å². The maximum absolute atomic E-state index is 12.9. The number of halogens is 3. The number of alkyl halides is 3. The summed E-state index contributed by atoms with van der Waals surface area (Å²) in [4.78, 5) is 30.2. The quantitative estimate of drug-likeness (QED) is 0.667. The summed E-state index contributed by atoms with van der Waals surface area (Å²) in [7, 11) is 0. The highest BCUT2D eigenvalue weighted by atomic mass is 19.4. The molecule has 2 amide bonds. The summed E-state index contributed by atoms with van der Waals surface area (Å²) in [5, 5.41) is 13.3. The van der Waals surface area contributed by atoms with E-state index in [2.05, 4.69) is 14.9 Å². The van der Waals surface area contributed by atoms with Gasteiger partial charge in [0.15, 0.2) is 5.69 Å². The first-order valence-corrected chi connectivity index (χ1v) is 10.7. The molecule has 1 aliphatic carbocycles. The van der Waals surface area contributed by atoms with Gasteiger partial charge in [0.05, 0.1) is 12.5 Å². The van der Waals surface area contributed by atoms with Gasteiger partial charge in [0.2, 0.25) is 5.91 Å². The second-order valence-electron chi connectivity index (χ2n) is 8.35. The molecule has 1 saturated heterocycles. The Kier molecular flexibility index (Phi) is 7.29. The SMILES string of the molecule is [C-]#[N+]c1ccc(CNC(=O)[C@@H]2CCCN(C(=O)C3(O)CCCCC3)C2)c(OC(F)(F)F)c1. The summed E-state index contributed by atoms with van der Waals surface area (Å²) < 4.78 is 42.1. The van der Waals surface area contributed by atoms with Gasteiger partial charge >= 0.3 is 6.36 Å². The van der Waals surface area contributed by atoms with Gasteiger partial charge in [-0.3, -0.25) is 9.59 Å². The maximum atomic E-state index is 12.9. The van der Waals surface area contributed by atoms with Crippen molar-refractivity contribution in [2.24, 2.45) is 5.92 Å². The zero-order valence-electron chi connectivity index (χ0n) is 17.6. The first kappa shape index (κ1) is 23.9.